The standard InChI is InChI=1S/C16H24ClN3O3S/c1-3-7-20(24(2,22)23)13-16(21)19-10-8-18(9-11-19)15-6-4-5-14(17)12-15/h4-6,12H,3,7-11,13H2,1-2H3. The second-order valence-electron chi connectivity index (χ2n) is 5.94. The normalized spacial score (nSPS) is 15.8. The van der Waals surface area contributed by atoms with Gasteiger partial charge in [-0.15, -0.1) is 0 Å². The van der Waals surface area contributed by atoms with Crippen molar-refractivity contribution in [1.29, 1.82) is 0 Å². The van der Waals surface area contributed by atoms with Gasteiger partial charge in [-0.25, -0.2) is 8.42 Å². The van der Waals surface area contributed by atoms with Crippen molar-refractivity contribution in [3.63, 3.8) is 0 Å². The average Bonchev–Trinajstić information content (AvgIpc) is 2.53. The minimum atomic E-state index is -3.36. The lowest BCUT2D eigenvalue weighted by atomic mass is 10.2. The second-order valence-corrected chi connectivity index (χ2v) is 8.36. The molecule has 0 unspecified atom stereocenters. The topological polar surface area (TPSA) is 60.9 Å². The maximum absolute atomic E-state index is 12.4. The van der Waals surface area contributed by atoms with Crippen molar-refractivity contribution < 1.29 is 13.2 Å². The van der Waals surface area contributed by atoms with Crippen molar-refractivity contribution in [2.45, 2.75) is 13.3 Å². The first-order valence-corrected chi connectivity index (χ1v) is 10.3. The summed E-state index contributed by atoms with van der Waals surface area (Å²) in [6.07, 6.45) is 1.83. The number of sulfonamides is 1. The molecule has 0 atom stereocenters. The molecule has 0 saturated carbocycles. The highest BCUT2D eigenvalue weighted by Gasteiger charge is 2.25. The number of hydrogen-bond donors (Lipinski definition) is 0. The molecular weight excluding hydrogens is 350 g/mol. The number of halogens is 1. The molecule has 1 aliphatic heterocycles. The predicted octanol–water partition coefficient (Wildman–Crippen LogP) is 1.66. The first-order valence-electron chi connectivity index (χ1n) is 8.04. The molecule has 1 aromatic carbocycles. The summed E-state index contributed by atoms with van der Waals surface area (Å²) in [5.41, 5.74) is 1.04. The maximum atomic E-state index is 12.4. The van der Waals surface area contributed by atoms with Gasteiger partial charge in [0.1, 0.15) is 0 Å². The van der Waals surface area contributed by atoms with Crippen LogP contribution < -0.4 is 4.90 Å². The number of hydrogen-bond acceptors (Lipinski definition) is 4. The third kappa shape index (κ3) is 5.09. The minimum absolute atomic E-state index is 0.0795. The van der Waals surface area contributed by atoms with Crippen LogP contribution in [0.25, 0.3) is 0 Å². The first kappa shape index (κ1) is 19.0. The van der Waals surface area contributed by atoms with E-state index in [4.69, 9.17) is 11.6 Å². The van der Waals surface area contributed by atoms with Crippen molar-refractivity contribution in [3.8, 4) is 0 Å². The summed E-state index contributed by atoms with van der Waals surface area (Å²) in [5, 5.41) is 0.689. The Morgan fingerprint density at radius 1 is 1.25 bits per heavy atom. The van der Waals surface area contributed by atoms with Gasteiger partial charge in [-0.05, 0) is 24.6 Å². The van der Waals surface area contributed by atoms with E-state index in [1.54, 1.807) is 4.90 Å². The van der Waals surface area contributed by atoms with E-state index < -0.39 is 10.0 Å². The number of benzene rings is 1. The lowest BCUT2D eigenvalue weighted by Crippen LogP contribution is -2.51. The predicted molar refractivity (Wildman–Crippen MR) is 97.0 cm³/mol. The molecule has 1 fully saturated rings. The van der Waals surface area contributed by atoms with Crippen LogP contribution in [0.5, 0.6) is 0 Å². The van der Waals surface area contributed by atoms with Gasteiger partial charge in [-0.2, -0.15) is 4.31 Å². The molecule has 0 aliphatic carbocycles. The fourth-order valence-electron chi connectivity index (χ4n) is 2.75. The Hall–Kier alpha value is -1.31. The first-order chi connectivity index (χ1) is 11.3. The van der Waals surface area contributed by atoms with Gasteiger partial charge in [-0.1, -0.05) is 24.6 Å². The van der Waals surface area contributed by atoms with Gasteiger partial charge in [0.2, 0.25) is 15.9 Å². The summed E-state index contributed by atoms with van der Waals surface area (Å²) >= 11 is 6.02. The lowest BCUT2D eigenvalue weighted by Gasteiger charge is -2.36. The molecule has 0 radical (unpaired) electrons. The Labute approximate surface area is 149 Å². The van der Waals surface area contributed by atoms with Crippen molar-refractivity contribution >= 4 is 33.2 Å². The third-order valence-corrected chi connectivity index (χ3v) is 5.54. The van der Waals surface area contributed by atoms with Crippen LogP contribution in [0.2, 0.25) is 5.02 Å². The highest BCUT2D eigenvalue weighted by molar-refractivity contribution is 7.88. The van der Waals surface area contributed by atoms with Gasteiger partial charge in [0.25, 0.3) is 0 Å². The zero-order valence-corrected chi connectivity index (χ0v) is 15.7. The van der Waals surface area contributed by atoms with E-state index in [2.05, 4.69) is 4.90 Å². The molecule has 1 amide bonds. The summed E-state index contributed by atoms with van der Waals surface area (Å²) in [4.78, 5) is 16.3. The third-order valence-electron chi connectivity index (χ3n) is 4.06. The molecule has 1 saturated heterocycles. The van der Waals surface area contributed by atoms with E-state index in [0.29, 0.717) is 44.2 Å². The highest BCUT2D eigenvalue weighted by Crippen LogP contribution is 2.20. The molecule has 0 spiro atoms. The van der Waals surface area contributed by atoms with Crippen molar-refractivity contribution in [3.05, 3.63) is 29.3 Å². The number of piperazine rings is 1. The molecule has 0 N–H and O–H groups in total. The van der Waals surface area contributed by atoms with E-state index in [1.165, 1.54) is 4.31 Å². The van der Waals surface area contributed by atoms with Crippen LogP contribution in [0.4, 0.5) is 5.69 Å². The van der Waals surface area contributed by atoms with Crippen LogP contribution in [0.3, 0.4) is 0 Å². The van der Waals surface area contributed by atoms with Crippen molar-refractivity contribution in [1.82, 2.24) is 9.21 Å². The van der Waals surface area contributed by atoms with E-state index in [9.17, 15) is 13.2 Å². The zero-order valence-electron chi connectivity index (χ0n) is 14.1. The summed E-state index contributed by atoms with van der Waals surface area (Å²) in [6, 6.07) is 7.64. The SMILES string of the molecule is CCCN(CC(=O)N1CCN(c2cccc(Cl)c2)CC1)S(C)(=O)=O. The van der Waals surface area contributed by atoms with E-state index in [-0.39, 0.29) is 12.5 Å². The molecule has 2 rings (SSSR count). The van der Waals surface area contributed by atoms with Gasteiger partial charge in [0.15, 0.2) is 0 Å². The summed E-state index contributed by atoms with van der Waals surface area (Å²) in [5.74, 6) is -0.139. The Bertz CT molecular complexity index is 673. The molecule has 0 aromatic heterocycles. The number of amides is 1. The Morgan fingerprint density at radius 2 is 1.92 bits per heavy atom. The molecule has 1 heterocycles. The fraction of sp³-hybridized carbons (Fsp3) is 0.562. The van der Waals surface area contributed by atoms with Crippen LogP contribution in [0, 0.1) is 0 Å². The Kier molecular flexibility index (Phi) is 6.48. The summed E-state index contributed by atoms with van der Waals surface area (Å²) in [7, 11) is -3.36. The number of nitrogens with zero attached hydrogens (tertiary/aromatic N) is 3. The quantitative estimate of drug-likeness (QED) is 0.760. The summed E-state index contributed by atoms with van der Waals surface area (Å²) in [6.45, 7) is 4.75. The molecule has 1 aromatic rings. The van der Waals surface area contributed by atoms with Gasteiger partial charge in [0, 0.05) is 43.4 Å². The van der Waals surface area contributed by atoms with Crippen LogP contribution in [0.15, 0.2) is 24.3 Å². The Balaban J connectivity index is 1.92. The van der Waals surface area contributed by atoms with E-state index >= 15 is 0 Å². The minimum Gasteiger partial charge on any atom is -0.368 e. The second kappa shape index (κ2) is 8.18. The highest BCUT2D eigenvalue weighted by atomic mass is 35.5. The van der Waals surface area contributed by atoms with E-state index in [1.807, 2.05) is 31.2 Å². The number of carbonyl (C=O) groups is 1. The van der Waals surface area contributed by atoms with E-state index in [0.717, 1.165) is 11.9 Å². The van der Waals surface area contributed by atoms with Gasteiger partial charge in [-0.3, -0.25) is 4.79 Å². The van der Waals surface area contributed by atoms with Crippen LogP contribution in [-0.2, 0) is 14.8 Å². The molecule has 8 heteroatoms. The molecule has 24 heavy (non-hydrogen) atoms. The molecule has 1 aliphatic rings. The molecule has 6 nitrogen and oxygen atoms in total. The molecule has 0 bridgehead atoms. The number of anilines is 1. The van der Waals surface area contributed by atoms with Crippen LogP contribution >= 0.6 is 11.6 Å². The van der Waals surface area contributed by atoms with Gasteiger partial charge < -0.3 is 9.80 Å². The van der Waals surface area contributed by atoms with Gasteiger partial charge >= 0.3 is 0 Å². The lowest BCUT2D eigenvalue weighted by molar-refractivity contribution is -0.131. The largest absolute Gasteiger partial charge is 0.368 e. The molecule has 134 valence electrons. The fourth-order valence-corrected chi connectivity index (χ4v) is 3.79. The van der Waals surface area contributed by atoms with Crippen molar-refractivity contribution in [2.24, 2.45) is 0 Å². The average molecular weight is 374 g/mol. The number of carbonyl (C=O) groups excluding carboxylic acids is 1. The maximum Gasteiger partial charge on any atom is 0.238 e. The smallest absolute Gasteiger partial charge is 0.238 e. The summed E-state index contributed by atoms with van der Waals surface area (Å²) < 4.78 is 24.7. The zero-order chi connectivity index (χ0) is 17.7. The van der Waals surface area contributed by atoms with Crippen molar-refractivity contribution in [2.75, 3.05) is 50.4 Å². The number of rotatable bonds is 6. The van der Waals surface area contributed by atoms with Crippen LogP contribution in [-0.4, -0.2) is 69.1 Å². The van der Waals surface area contributed by atoms with Crippen LogP contribution in [0.1, 0.15) is 13.3 Å². The monoisotopic (exact) mass is 373 g/mol. The Morgan fingerprint density at radius 3 is 2.46 bits per heavy atom. The van der Waals surface area contributed by atoms with Gasteiger partial charge in [0.05, 0.1) is 12.8 Å². The molecular formula is C16H24ClN3O3S.